The number of anilines is 2. The quantitative estimate of drug-likeness (QED) is 0.717. The molecule has 2 N–H and O–H groups in total. The predicted molar refractivity (Wildman–Crippen MR) is 106 cm³/mol. The number of aromatic nitrogens is 3. The summed E-state index contributed by atoms with van der Waals surface area (Å²) in [5, 5.41) is 10.4. The number of fused-ring (bicyclic) bond motifs is 1. The number of nitrogens with zero attached hydrogens (tertiary/aromatic N) is 3. The van der Waals surface area contributed by atoms with Gasteiger partial charge in [-0.05, 0) is 37.1 Å². The van der Waals surface area contributed by atoms with Crippen LogP contribution in [0.15, 0.2) is 30.5 Å². The highest BCUT2D eigenvalue weighted by molar-refractivity contribution is 7.22. The molecule has 3 aromatic rings. The summed E-state index contributed by atoms with van der Waals surface area (Å²) < 4.78 is 2.44. The molecule has 0 atom stereocenters. The molecule has 1 aliphatic rings. The molecule has 140 valence electrons. The fourth-order valence-electron chi connectivity index (χ4n) is 3.42. The molecule has 0 radical (unpaired) electrons. The van der Waals surface area contributed by atoms with Crippen molar-refractivity contribution >= 4 is 44.2 Å². The predicted octanol–water partition coefficient (Wildman–Crippen LogP) is 3.80. The number of hydrogen-bond acceptors (Lipinski definition) is 5. The van der Waals surface area contributed by atoms with Crippen molar-refractivity contribution in [2.45, 2.75) is 32.1 Å². The molecule has 2 amide bonds. The molecular weight excluding hydrogens is 362 g/mol. The van der Waals surface area contributed by atoms with Gasteiger partial charge in [0.1, 0.15) is 5.69 Å². The first-order valence-corrected chi connectivity index (χ1v) is 9.92. The largest absolute Gasteiger partial charge is 0.321 e. The fourth-order valence-corrected chi connectivity index (χ4v) is 4.33. The van der Waals surface area contributed by atoms with E-state index in [2.05, 4.69) is 20.7 Å². The molecule has 1 aliphatic carbocycles. The number of rotatable bonds is 4. The van der Waals surface area contributed by atoms with Gasteiger partial charge in [-0.2, -0.15) is 5.10 Å². The molecule has 1 aromatic carbocycles. The van der Waals surface area contributed by atoms with Gasteiger partial charge in [-0.15, -0.1) is 0 Å². The van der Waals surface area contributed by atoms with Crippen LogP contribution in [0.2, 0.25) is 0 Å². The third kappa shape index (κ3) is 3.85. The van der Waals surface area contributed by atoms with E-state index in [-0.39, 0.29) is 17.7 Å². The maximum Gasteiger partial charge on any atom is 0.273 e. The van der Waals surface area contributed by atoms with Crippen molar-refractivity contribution in [1.29, 1.82) is 0 Å². The second-order valence-electron chi connectivity index (χ2n) is 6.82. The number of amides is 2. The molecule has 1 saturated carbocycles. The highest BCUT2D eigenvalue weighted by Gasteiger charge is 2.22. The van der Waals surface area contributed by atoms with E-state index in [0.29, 0.717) is 16.5 Å². The maximum atomic E-state index is 12.4. The topological polar surface area (TPSA) is 88.9 Å². The number of hydrogen-bond donors (Lipinski definition) is 2. The van der Waals surface area contributed by atoms with Crippen LogP contribution in [0.5, 0.6) is 0 Å². The van der Waals surface area contributed by atoms with Crippen molar-refractivity contribution in [3.63, 3.8) is 0 Å². The van der Waals surface area contributed by atoms with E-state index in [1.54, 1.807) is 19.3 Å². The van der Waals surface area contributed by atoms with Crippen LogP contribution in [-0.4, -0.2) is 26.6 Å². The van der Waals surface area contributed by atoms with Gasteiger partial charge in [0.2, 0.25) is 5.91 Å². The summed E-state index contributed by atoms with van der Waals surface area (Å²) in [6.45, 7) is 0. The number of nitrogens with one attached hydrogen (secondary N) is 2. The average Bonchev–Trinajstić information content (AvgIpc) is 3.27. The molecule has 0 spiro atoms. The highest BCUT2D eigenvalue weighted by atomic mass is 32.1. The van der Waals surface area contributed by atoms with Gasteiger partial charge >= 0.3 is 0 Å². The van der Waals surface area contributed by atoms with Crippen LogP contribution in [0.4, 0.5) is 10.8 Å². The van der Waals surface area contributed by atoms with Crippen molar-refractivity contribution in [2.24, 2.45) is 13.0 Å². The van der Waals surface area contributed by atoms with Crippen LogP contribution < -0.4 is 10.6 Å². The Hall–Kier alpha value is -2.74. The van der Waals surface area contributed by atoms with Crippen LogP contribution in [0.1, 0.15) is 42.6 Å². The van der Waals surface area contributed by atoms with Gasteiger partial charge in [0, 0.05) is 24.8 Å². The zero-order valence-electron chi connectivity index (χ0n) is 15.1. The van der Waals surface area contributed by atoms with Crippen molar-refractivity contribution in [3.05, 3.63) is 36.2 Å². The Morgan fingerprint density at radius 2 is 1.96 bits per heavy atom. The van der Waals surface area contributed by atoms with Crippen molar-refractivity contribution in [1.82, 2.24) is 14.8 Å². The Morgan fingerprint density at radius 3 is 2.70 bits per heavy atom. The zero-order chi connectivity index (χ0) is 18.8. The molecule has 2 aromatic heterocycles. The summed E-state index contributed by atoms with van der Waals surface area (Å²) in [5.74, 6) is -0.0531. The third-order valence-corrected chi connectivity index (χ3v) is 5.84. The van der Waals surface area contributed by atoms with E-state index in [1.165, 1.54) is 22.4 Å². The lowest BCUT2D eigenvalue weighted by atomic mass is 9.89. The lowest BCUT2D eigenvalue weighted by Gasteiger charge is -2.19. The number of carbonyl (C=O) groups is 2. The summed E-state index contributed by atoms with van der Waals surface area (Å²) in [7, 11) is 1.72. The number of aryl methyl sites for hydroxylation is 1. The first-order valence-electron chi connectivity index (χ1n) is 9.11. The molecule has 27 heavy (non-hydrogen) atoms. The van der Waals surface area contributed by atoms with Crippen LogP contribution in [0, 0.1) is 5.92 Å². The number of carbonyl (C=O) groups excluding carboxylic acids is 2. The summed E-state index contributed by atoms with van der Waals surface area (Å²) >= 11 is 1.42. The molecule has 0 saturated heterocycles. The second kappa shape index (κ2) is 7.48. The second-order valence-corrected chi connectivity index (χ2v) is 7.85. The van der Waals surface area contributed by atoms with E-state index in [4.69, 9.17) is 0 Å². The SMILES string of the molecule is Cn1nccc1C(=O)Nc1ccc2nc(NC(=O)C3CCCCC3)sc2c1. The number of thiazole rings is 1. The van der Waals surface area contributed by atoms with Gasteiger partial charge in [-0.3, -0.25) is 14.3 Å². The van der Waals surface area contributed by atoms with Gasteiger partial charge in [-0.1, -0.05) is 30.6 Å². The van der Waals surface area contributed by atoms with E-state index < -0.39 is 0 Å². The molecule has 4 rings (SSSR count). The van der Waals surface area contributed by atoms with Gasteiger partial charge in [0.25, 0.3) is 5.91 Å². The Labute approximate surface area is 160 Å². The summed E-state index contributed by atoms with van der Waals surface area (Å²) in [5.41, 5.74) is 1.97. The van der Waals surface area contributed by atoms with E-state index in [1.807, 2.05) is 18.2 Å². The van der Waals surface area contributed by atoms with Crippen molar-refractivity contribution < 1.29 is 9.59 Å². The van der Waals surface area contributed by atoms with Crippen LogP contribution in [-0.2, 0) is 11.8 Å². The summed E-state index contributed by atoms with van der Waals surface area (Å²) in [6.07, 6.45) is 6.97. The Balaban J connectivity index is 1.47. The Kier molecular flexibility index (Phi) is 4.89. The average molecular weight is 383 g/mol. The molecule has 0 unspecified atom stereocenters. The van der Waals surface area contributed by atoms with E-state index in [9.17, 15) is 9.59 Å². The number of benzene rings is 1. The van der Waals surface area contributed by atoms with E-state index in [0.717, 1.165) is 35.9 Å². The first kappa shape index (κ1) is 17.7. The molecule has 1 fully saturated rings. The molecule has 8 heteroatoms. The zero-order valence-corrected chi connectivity index (χ0v) is 15.9. The van der Waals surface area contributed by atoms with Gasteiger partial charge in [0.15, 0.2) is 5.13 Å². The minimum Gasteiger partial charge on any atom is -0.321 e. The van der Waals surface area contributed by atoms with Crippen molar-refractivity contribution in [3.8, 4) is 0 Å². The summed E-state index contributed by atoms with van der Waals surface area (Å²) in [4.78, 5) is 29.2. The fraction of sp³-hybridized carbons (Fsp3) is 0.368. The van der Waals surface area contributed by atoms with Crippen molar-refractivity contribution in [2.75, 3.05) is 10.6 Å². The third-order valence-electron chi connectivity index (χ3n) is 4.91. The van der Waals surface area contributed by atoms with Gasteiger partial charge in [0.05, 0.1) is 10.2 Å². The standard InChI is InChI=1S/C19H21N5O2S/c1-24-15(9-10-20-24)18(26)21-13-7-8-14-16(11-13)27-19(22-14)23-17(25)12-5-3-2-4-6-12/h7-12H,2-6H2,1H3,(H,21,26)(H,22,23,25). The van der Waals surface area contributed by atoms with Crippen LogP contribution in [0.3, 0.4) is 0 Å². The minimum absolute atomic E-state index is 0.0680. The monoisotopic (exact) mass is 383 g/mol. The molecule has 0 aliphatic heterocycles. The smallest absolute Gasteiger partial charge is 0.273 e. The minimum atomic E-state index is -0.218. The molecule has 2 heterocycles. The van der Waals surface area contributed by atoms with Crippen LogP contribution >= 0.6 is 11.3 Å². The highest BCUT2D eigenvalue weighted by Crippen LogP contribution is 2.30. The van der Waals surface area contributed by atoms with Crippen LogP contribution in [0.25, 0.3) is 10.2 Å². The van der Waals surface area contributed by atoms with E-state index >= 15 is 0 Å². The van der Waals surface area contributed by atoms with Gasteiger partial charge < -0.3 is 10.6 Å². The Bertz CT molecular complexity index is 987. The lowest BCUT2D eigenvalue weighted by molar-refractivity contribution is -0.120. The first-order chi connectivity index (χ1) is 13.1. The molecule has 0 bridgehead atoms. The van der Waals surface area contributed by atoms with Gasteiger partial charge in [-0.25, -0.2) is 4.98 Å². The molecule has 7 nitrogen and oxygen atoms in total. The maximum absolute atomic E-state index is 12.4. The lowest BCUT2D eigenvalue weighted by Crippen LogP contribution is -2.24. The molecular formula is C19H21N5O2S. The summed E-state index contributed by atoms with van der Waals surface area (Å²) in [6, 6.07) is 7.20. The Morgan fingerprint density at radius 1 is 1.15 bits per heavy atom. The normalized spacial score (nSPS) is 15.0.